The minimum atomic E-state index is -0.114. The van der Waals surface area contributed by atoms with Crippen LogP contribution in [0.25, 0.3) is 0 Å². The fraction of sp³-hybridized carbons (Fsp3) is 0.455. The summed E-state index contributed by atoms with van der Waals surface area (Å²) in [5.41, 5.74) is 9.95. The van der Waals surface area contributed by atoms with E-state index >= 15 is 0 Å². The predicted molar refractivity (Wildman–Crippen MR) is 61.9 cm³/mol. The second-order valence-electron chi connectivity index (χ2n) is 4.14. The van der Waals surface area contributed by atoms with E-state index in [9.17, 15) is 0 Å². The molecule has 3 heteroatoms. The average Bonchev–Trinajstić information content (AvgIpc) is 1.98. The van der Waals surface area contributed by atoms with Gasteiger partial charge < -0.3 is 11.1 Å². The lowest BCUT2D eigenvalue weighted by molar-refractivity contribution is 0.287. The molecule has 1 heterocycles. The summed E-state index contributed by atoms with van der Waals surface area (Å²) in [6, 6.07) is 6.56. The van der Waals surface area contributed by atoms with Gasteiger partial charge in [-0.3, -0.25) is 0 Å². The maximum atomic E-state index is 6.20. The van der Waals surface area contributed by atoms with E-state index in [-0.39, 0.29) is 17.9 Å². The Bertz CT molecular complexity index is 312. The monoisotopic (exact) mass is 212 g/mol. The van der Waals surface area contributed by atoms with E-state index in [1.54, 1.807) is 0 Å². The topological polar surface area (TPSA) is 38.0 Å². The van der Waals surface area contributed by atoms with Gasteiger partial charge in [-0.1, -0.05) is 29.3 Å². The molecule has 1 aromatic carbocycles. The number of hydrogen-bond acceptors (Lipinski definition) is 2. The van der Waals surface area contributed by atoms with Crippen LogP contribution in [0.3, 0.4) is 0 Å². The van der Waals surface area contributed by atoms with Crippen LogP contribution in [0.4, 0.5) is 0 Å². The zero-order valence-electron chi connectivity index (χ0n) is 8.63. The number of nitrogens with one attached hydrogen (secondary N) is 1. The van der Waals surface area contributed by atoms with Crippen LogP contribution < -0.4 is 11.1 Å². The fourth-order valence-electron chi connectivity index (χ4n) is 1.86. The summed E-state index contributed by atoms with van der Waals surface area (Å²) in [4.78, 5) is 0. The zero-order chi connectivity index (χ0) is 9.47. The standard InChI is InChI=1S/C11H16N2.ClH/c1-8-3-9(2)5-10(4-8)11(12)6-13-7-11;/h3-5,13H,6-7,12H2,1-2H3;1H. The molecule has 0 saturated carbocycles. The molecule has 1 aliphatic heterocycles. The molecule has 0 atom stereocenters. The van der Waals surface area contributed by atoms with Crippen LogP contribution in [-0.2, 0) is 5.54 Å². The first-order valence-electron chi connectivity index (χ1n) is 4.68. The van der Waals surface area contributed by atoms with E-state index in [2.05, 4.69) is 37.4 Å². The van der Waals surface area contributed by atoms with Crippen molar-refractivity contribution >= 4 is 12.4 Å². The van der Waals surface area contributed by atoms with Crippen LogP contribution in [0, 0.1) is 13.8 Å². The van der Waals surface area contributed by atoms with Crippen molar-refractivity contribution in [2.75, 3.05) is 13.1 Å². The van der Waals surface area contributed by atoms with Gasteiger partial charge in [0.05, 0.1) is 5.54 Å². The molecule has 0 bridgehead atoms. The molecule has 3 N–H and O–H groups in total. The Labute approximate surface area is 91.3 Å². The van der Waals surface area contributed by atoms with Crippen LogP contribution in [0.1, 0.15) is 16.7 Å². The Morgan fingerprint density at radius 3 is 2.00 bits per heavy atom. The first-order valence-corrected chi connectivity index (χ1v) is 4.68. The fourth-order valence-corrected chi connectivity index (χ4v) is 1.86. The molecular formula is C11H17ClN2. The van der Waals surface area contributed by atoms with Crippen molar-refractivity contribution in [2.24, 2.45) is 5.73 Å². The van der Waals surface area contributed by atoms with E-state index in [1.807, 2.05) is 0 Å². The lowest BCUT2D eigenvalue weighted by Gasteiger charge is -2.39. The van der Waals surface area contributed by atoms with Crippen molar-refractivity contribution in [3.8, 4) is 0 Å². The maximum Gasteiger partial charge on any atom is 0.0662 e. The Balaban J connectivity index is 0.000000980. The van der Waals surface area contributed by atoms with Gasteiger partial charge in [-0.15, -0.1) is 12.4 Å². The van der Waals surface area contributed by atoms with Crippen molar-refractivity contribution in [3.63, 3.8) is 0 Å². The highest BCUT2D eigenvalue weighted by Gasteiger charge is 2.34. The van der Waals surface area contributed by atoms with Crippen molar-refractivity contribution in [3.05, 3.63) is 34.9 Å². The molecule has 0 spiro atoms. The molecule has 0 radical (unpaired) electrons. The quantitative estimate of drug-likeness (QED) is 0.740. The molecule has 1 aromatic rings. The van der Waals surface area contributed by atoms with Gasteiger partial charge in [0, 0.05) is 13.1 Å². The molecule has 1 aliphatic rings. The molecule has 0 unspecified atom stereocenters. The Morgan fingerprint density at radius 2 is 1.64 bits per heavy atom. The third kappa shape index (κ3) is 1.92. The summed E-state index contributed by atoms with van der Waals surface area (Å²) >= 11 is 0. The lowest BCUT2D eigenvalue weighted by Crippen LogP contribution is -2.62. The highest BCUT2D eigenvalue weighted by molar-refractivity contribution is 5.85. The Morgan fingerprint density at radius 1 is 1.14 bits per heavy atom. The van der Waals surface area contributed by atoms with Gasteiger partial charge in [-0.25, -0.2) is 0 Å². The summed E-state index contributed by atoms with van der Waals surface area (Å²) in [6.45, 7) is 6.03. The smallest absolute Gasteiger partial charge is 0.0662 e. The van der Waals surface area contributed by atoms with E-state index in [4.69, 9.17) is 5.73 Å². The number of hydrogen-bond donors (Lipinski definition) is 2. The van der Waals surface area contributed by atoms with E-state index < -0.39 is 0 Å². The number of rotatable bonds is 1. The lowest BCUT2D eigenvalue weighted by atomic mass is 9.84. The van der Waals surface area contributed by atoms with Gasteiger partial charge in [-0.05, 0) is 19.4 Å². The van der Waals surface area contributed by atoms with E-state index in [0.717, 1.165) is 13.1 Å². The van der Waals surface area contributed by atoms with Crippen LogP contribution in [0.2, 0.25) is 0 Å². The Kier molecular flexibility index (Phi) is 3.20. The molecule has 1 fully saturated rings. The first-order chi connectivity index (χ1) is 6.10. The van der Waals surface area contributed by atoms with Crippen molar-refractivity contribution in [1.82, 2.24) is 5.32 Å². The van der Waals surface area contributed by atoms with Crippen molar-refractivity contribution in [1.29, 1.82) is 0 Å². The summed E-state index contributed by atoms with van der Waals surface area (Å²) in [7, 11) is 0. The molecule has 2 nitrogen and oxygen atoms in total. The highest BCUT2D eigenvalue weighted by Crippen LogP contribution is 2.24. The van der Waals surface area contributed by atoms with Gasteiger partial charge in [-0.2, -0.15) is 0 Å². The summed E-state index contributed by atoms with van der Waals surface area (Å²) in [5, 5.41) is 3.21. The molecule has 1 saturated heterocycles. The van der Waals surface area contributed by atoms with Gasteiger partial charge in [0.1, 0.15) is 0 Å². The first kappa shape index (κ1) is 11.5. The van der Waals surface area contributed by atoms with Gasteiger partial charge >= 0.3 is 0 Å². The molecule has 2 rings (SSSR count). The molecule has 78 valence electrons. The summed E-state index contributed by atoms with van der Waals surface area (Å²) in [5.74, 6) is 0. The Hall–Kier alpha value is -0.570. The van der Waals surface area contributed by atoms with Crippen LogP contribution in [0.5, 0.6) is 0 Å². The third-order valence-corrected chi connectivity index (χ3v) is 2.68. The van der Waals surface area contributed by atoms with Gasteiger partial charge in [0.15, 0.2) is 0 Å². The second kappa shape index (κ2) is 3.89. The SMILES string of the molecule is Cc1cc(C)cc(C2(N)CNC2)c1.Cl. The summed E-state index contributed by atoms with van der Waals surface area (Å²) in [6.07, 6.45) is 0. The largest absolute Gasteiger partial charge is 0.319 e. The number of aryl methyl sites for hydroxylation is 2. The van der Waals surface area contributed by atoms with E-state index in [1.165, 1.54) is 16.7 Å². The molecule has 0 aliphatic carbocycles. The molecule has 0 amide bonds. The van der Waals surface area contributed by atoms with Crippen LogP contribution >= 0.6 is 12.4 Å². The number of halogens is 1. The van der Waals surface area contributed by atoms with E-state index in [0.29, 0.717) is 0 Å². The number of nitrogens with two attached hydrogens (primary N) is 1. The van der Waals surface area contributed by atoms with Crippen LogP contribution in [-0.4, -0.2) is 13.1 Å². The van der Waals surface area contributed by atoms with Crippen LogP contribution in [0.15, 0.2) is 18.2 Å². The third-order valence-electron chi connectivity index (χ3n) is 2.68. The summed E-state index contributed by atoms with van der Waals surface area (Å²) < 4.78 is 0. The highest BCUT2D eigenvalue weighted by atomic mass is 35.5. The molecular weight excluding hydrogens is 196 g/mol. The zero-order valence-corrected chi connectivity index (χ0v) is 9.45. The predicted octanol–water partition coefficient (Wildman–Crippen LogP) is 1.48. The minimum Gasteiger partial charge on any atom is -0.319 e. The van der Waals surface area contributed by atoms with Gasteiger partial charge in [0.25, 0.3) is 0 Å². The average molecular weight is 213 g/mol. The second-order valence-corrected chi connectivity index (χ2v) is 4.14. The number of benzene rings is 1. The van der Waals surface area contributed by atoms with Crippen molar-refractivity contribution < 1.29 is 0 Å². The normalized spacial score (nSPS) is 18.2. The minimum absolute atomic E-state index is 0. The molecule has 0 aromatic heterocycles. The maximum absolute atomic E-state index is 6.20. The molecule has 14 heavy (non-hydrogen) atoms. The van der Waals surface area contributed by atoms with Crippen molar-refractivity contribution in [2.45, 2.75) is 19.4 Å². The van der Waals surface area contributed by atoms with Gasteiger partial charge in [0.2, 0.25) is 0 Å².